The Hall–Kier alpha value is -3.21. The Kier molecular flexibility index (Phi) is 4.83. The Morgan fingerprint density at radius 2 is 1.70 bits per heavy atom. The molecule has 0 aliphatic carbocycles. The molecule has 2 heterocycles. The normalized spacial score (nSPS) is 13.6. The Labute approximate surface area is 159 Å². The van der Waals surface area contributed by atoms with Gasteiger partial charge in [0.15, 0.2) is 0 Å². The zero-order valence-corrected chi connectivity index (χ0v) is 15.4. The minimum absolute atomic E-state index is 0.128. The van der Waals surface area contributed by atoms with E-state index in [-0.39, 0.29) is 5.91 Å². The van der Waals surface area contributed by atoms with Gasteiger partial charge in [0.2, 0.25) is 5.95 Å². The maximum atomic E-state index is 12.6. The fraction of sp³-hybridized carbons (Fsp3) is 0.227. The van der Waals surface area contributed by atoms with Crippen molar-refractivity contribution in [2.24, 2.45) is 0 Å². The number of nitrogens with zero attached hydrogens (tertiary/aromatic N) is 3. The van der Waals surface area contributed by atoms with Crippen LogP contribution < -0.4 is 10.2 Å². The molecule has 0 unspecified atom stereocenters. The zero-order chi connectivity index (χ0) is 18.6. The van der Waals surface area contributed by atoms with Crippen molar-refractivity contribution >= 4 is 17.5 Å². The summed E-state index contributed by atoms with van der Waals surface area (Å²) < 4.78 is 0. The molecule has 1 saturated heterocycles. The van der Waals surface area contributed by atoms with Gasteiger partial charge in [0.05, 0.1) is 0 Å². The molecule has 0 atom stereocenters. The predicted molar refractivity (Wildman–Crippen MR) is 108 cm³/mol. The smallest absolute Gasteiger partial charge is 0.255 e. The number of hydrogen-bond acceptors (Lipinski definition) is 4. The monoisotopic (exact) mass is 358 g/mol. The van der Waals surface area contributed by atoms with Crippen LogP contribution in [0.25, 0.3) is 11.1 Å². The summed E-state index contributed by atoms with van der Waals surface area (Å²) in [6.07, 6.45) is 6.06. The molecule has 2 aromatic carbocycles. The average Bonchev–Trinajstić information content (AvgIpc) is 3.23. The van der Waals surface area contributed by atoms with Crippen LogP contribution in [0.4, 0.5) is 11.6 Å². The number of anilines is 2. The number of hydrogen-bond donors (Lipinski definition) is 1. The summed E-state index contributed by atoms with van der Waals surface area (Å²) in [6, 6.07) is 15.3. The first-order valence-corrected chi connectivity index (χ1v) is 9.24. The fourth-order valence-electron chi connectivity index (χ4n) is 3.32. The minimum Gasteiger partial charge on any atom is -0.341 e. The van der Waals surface area contributed by atoms with Gasteiger partial charge in [0.25, 0.3) is 5.91 Å². The molecule has 0 saturated carbocycles. The molecule has 1 aliphatic heterocycles. The van der Waals surface area contributed by atoms with Gasteiger partial charge < -0.3 is 10.2 Å². The second-order valence-electron chi connectivity index (χ2n) is 6.87. The molecule has 0 spiro atoms. The van der Waals surface area contributed by atoms with Gasteiger partial charge in [-0.2, -0.15) is 0 Å². The number of carbonyl (C=O) groups is 1. The van der Waals surface area contributed by atoms with Crippen molar-refractivity contribution in [2.45, 2.75) is 19.8 Å². The molecular formula is C22H22N4O. The first kappa shape index (κ1) is 17.2. The Morgan fingerprint density at radius 1 is 0.963 bits per heavy atom. The van der Waals surface area contributed by atoms with Crippen LogP contribution in [0.3, 0.4) is 0 Å². The van der Waals surface area contributed by atoms with E-state index in [1.165, 1.54) is 12.8 Å². The van der Waals surface area contributed by atoms with Gasteiger partial charge in [-0.25, -0.2) is 9.97 Å². The number of amides is 1. The summed E-state index contributed by atoms with van der Waals surface area (Å²) in [5.74, 6) is 0.654. The van der Waals surface area contributed by atoms with E-state index < -0.39 is 0 Å². The summed E-state index contributed by atoms with van der Waals surface area (Å²) in [7, 11) is 0. The largest absolute Gasteiger partial charge is 0.341 e. The molecule has 0 radical (unpaired) electrons. The van der Waals surface area contributed by atoms with Crippen LogP contribution in [0.2, 0.25) is 0 Å². The van der Waals surface area contributed by atoms with Crippen LogP contribution in [0.1, 0.15) is 28.8 Å². The number of rotatable bonds is 4. The number of carbonyl (C=O) groups excluding carboxylic acids is 1. The molecule has 1 amide bonds. The van der Waals surface area contributed by atoms with E-state index in [0.717, 1.165) is 41.4 Å². The standard InChI is InChI=1S/C22H22N4O/c1-16-6-4-9-20(12-16)25-21(27)18-8-5-7-17(13-18)19-14-23-22(24-15-19)26-10-2-3-11-26/h4-9,12-15H,2-3,10-11H2,1H3,(H,25,27). The van der Waals surface area contributed by atoms with Crippen molar-refractivity contribution < 1.29 is 4.79 Å². The minimum atomic E-state index is -0.128. The van der Waals surface area contributed by atoms with Crippen LogP contribution in [0.15, 0.2) is 60.9 Å². The van der Waals surface area contributed by atoms with E-state index in [1.54, 1.807) is 0 Å². The topological polar surface area (TPSA) is 58.1 Å². The lowest BCUT2D eigenvalue weighted by Crippen LogP contribution is -2.20. The Balaban J connectivity index is 1.52. The summed E-state index contributed by atoms with van der Waals surface area (Å²) in [6.45, 7) is 4.05. The highest BCUT2D eigenvalue weighted by molar-refractivity contribution is 6.05. The van der Waals surface area contributed by atoms with Gasteiger partial charge in [0.1, 0.15) is 0 Å². The highest BCUT2D eigenvalue weighted by Crippen LogP contribution is 2.22. The van der Waals surface area contributed by atoms with Crippen molar-refractivity contribution in [1.82, 2.24) is 9.97 Å². The second-order valence-corrected chi connectivity index (χ2v) is 6.87. The van der Waals surface area contributed by atoms with E-state index in [4.69, 9.17) is 0 Å². The molecule has 3 aromatic rings. The fourth-order valence-corrected chi connectivity index (χ4v) is 3.32. The van der Waals surface area contributed by atoms with E-state index in [1.807, 2.05) is 67.8 Å². The van der Waals surface area contributed by atoms with Crippen molar-refractivity contribution in [3.63, 3.8) is 0 Å². The Morgan fingerprint density at radius 3 is 2.44 bits per heavy atom. The van der Waals surface area contributed by atoms with E-state index in [0.29, 0.717) is 5.56 Å². The molecule has 5 heteroatoms. The first-order valence-electron chi connectivity index (χ1n) is 9.24. The maximum Gasteiger partial charge on any atom is 0.255 e. The molecule has 1 aromatic heterocycles. The quantitative estimate of drug-likeness (QED) is 0.755. The van der Waals surface area contributed by atoms with Crippen molar-refractivity contribution in [3.8, 4) is 11.1 Å². The third-order valence-corrected chi connectivity index (χ3v) is 4.76. The summed E-state index contributed by atoms with van der Waals surface area (Å²) >= 11 is 0. The third-order valence-electron chi connectivity index (χ3n) is 4.76. The van der Waals surface area contributed by atoms with Crippen molar-refractivity contribution in [3.05, 3.63) is 72.1 Å². The highest BCUT2D eigenvalue weighted by Gasteiger charge is 2.15. The van der Waals surface area contributed by atoms with Gasteiger partial charge >= 0.3 is 0 Å². The molecule has 136 valence electrons. The van der Waals surface area contributed by atoms with Gasteiger partial charge in [-0.3, -0.25) is 4.79 Å². The van der Waals surface area contributed by atoms with Crippen molar-refractivity contribution in [1.29, 1.82) is 0 Å². The lowest BCUT2D eigenvalue weighted by molar-refractivity contribution is 0.102. The lowest BCUT2D eigenvalue weighted by atomic mass is 10.1. The molecule has 0 bridgehead atoms. The molecule has 1 aliphatic rings. The zero-order valence-electron chi connectivity index (χ0n) is 15.4. The lowest BCUT2D eigenvalue weighted by Gasteiger charge is -2.14. The summed E-state index contributed by atoms with van der Waals surface area (Å²) in [5, 5.41) is 2.95. The maximum absolute atomic E-state index is 12.6. The van der Waals surface area contributed by atoms with Crippen LogP contribution in [-0.2, 0) is 0 Å². The average molecular weight is 358 g/mol. The highest BCUT2D eigenvalue weighted by atomic mass is 16.1. The Bertz CT molecular complexity index is 947. The summed E-state index contributed by atoms with van der Waals surface area (Å²) in [4.78, 5) is 23.8. The SMILES string of the molecule is Cc1cccc(NC(=O)c2cccc(-c3cnc(N4CCCC4)nc3)c2)c1. The van der Waals surface area contributed by atoms with Gasteiger partial charge in [-0.05, 0) is 55.2 Å². The van der Waals surface area contributed by atoms with Gasteiger partial charge in [0, 0.05) is 42.3 Å². The van der Waals surface area contributed by atoms with Crippen molar-refractivity contribution in [2.75, 3.05) is 23.3 Å². The molecule has 1 N–H and O–H groups in total. The van der Waals surface area contributed by atoms with E-state index in [9.17, 15) is 4.79 Å². The molecule has 4 rings (SSSR count). The molecule has 27 heavy (non-hydrogen) atoms. The van der Waals surface area contributed by atoms with Crippen LogP contribution in [-0.4, -0.2) is 29.0 Å². The number of aromatic nitrogens is 2. The molecule has 5 nitrogen and oxygen atoms in total. The molecule has 1 fully saturated rings. The number of aryl methyl sites for hydroxylation is 1. The predicted octanol–water partition coefficient (Wildman–Crippen LogP) is 4.30. The second kappa shape index (κ2) is 7.58. The third kappa shape index (κ3) is 3.97. The van der Waals surface area contributed by atoms with E-state index in [2.05, 4.69) is 20.2 Å². The van der Waals surface area contributed by atoms with Gasteiger partial charge in [-0.1, -0.05) is 24.3 Å². The first-order chi connectivity index (χ1) is 13.2. The number of nitrogens with one attached hydrogen (secondary N) is 1. The van der Waals surface area contributed by atoms with Crippen LogP contribution in [0.5, 0.6) is 0 Å². The number of benzene rings is 2. The van der Waals surface area contributed by atoms with Gasteiger partial charge in [-0.15, -0.1) is 0 Å². The van der Waals surface area contributed by atoms with Crippen LogP contribution in [0, 0.1) is 6.92 Å². The van der Waals surface area contributed by atoms with E-state index >= 15 is 0 Å². The molecular weight excluding hydrogens is 336 g/mol. The van der Waals surface area contributed by atoms with Crippen LogP contribution >= 0.6 is 0 Å². The summed E-state index contributed by atoms with van der Waals surface area (Å²) in [5.41, 5.74) is 4.35.